The van der Waals surface area contributed by atoms with Crippen LogP contribution >= 0.6 is 11.8 Å². The molecule has 5 nitrogen and oxygen atoms in total. The first-order chi connectivity index (χ1) is 12.6. The molecule has 0 saturated heterocycles. The van der Waals surface area contributed by atoms with E-state index in [9.17, 15) is 14.0 Å². The highest BCUT2D eigenvalue weighted by molar-refractivity contribution is 7.98. The lowest BCUT2D eigenvalue weighted by molar-refractivity contribution is -0.121. The topological polar surface area (TPSA) is 64.0 Å². The number of hydrogen-bond acceptors (Lipinski definition) is 4. The van der Waals surface area contributed by atoms with Gasteiger partial charge in [-0.15, -0.1) is 0 Å². The highest BCUT2D eigenvalue weighted by atomic mass is 32.2. The normalized spacial score (nSPS) is 10.8. The number of fused-ring (bicyclic) bond motifs is 1. The molecule has 1 amide bonds. The lowest BCUT2D eigenvalue weighted by Gasteiger charge is -2.08. The van der Waals surface area contributed by atoms with Crippen LogP contribution in [0.15, 0.2) is 59.5 Å². The molecule has 7 heteroatoms. The van der Waals surface area contributed by atoms with Crippen molar-refractivity contribution in [3.05, 3.63) is 76.5 Å². The summed E-state index contributed by atoms with van der Waals surface area (Å²) in [6.07, 6.45) is 1.58. The molecule has 0 aliphatic carbocycles. The fourth-order valence-electron chi connectivity index (χ4n) is 2.49. The molecule has 3 rings (SSSR count). The Hall–Kier alpha value is -2.67. The summed E-state index contributed by atoms with van der Waals surface area (Å²) in [5.41, 5.74) is 0.364. The Morgan fingerprint density at radius 3 is 2.77 bits per heavy atom. The number of benzene rings is 2. The highest BCUT2D eigenvalue weighted by Gasteiger charge is 2.08. The van der Waals surface area contributed by atoms with E-state index in [0.29, 0.717) is 29.0 Å². The molecule has 0 aliphatic heterocycles. The summed E-state index contributed by atoms with van der Waals surface area (Å²) < 4.78 is 14.7. The minimum atomic E-state index is -0.285. The maximum atomic E-state index is 13.5. The molecule has 1 N–H and O–H groups in total. The third-order valence-corrected chi connectivity index (χ3v) is 4.85. The Kier molecular flexibility index (Phi) is 6.01. The molecule has 0 radical (unpaired) electrons. The quantitative estimate of drug-likeness (QED) is 0.649. The van der Waals surface area contributed by atoms with Crippen LogP contribution in [0.5, 0.6) is 0 Å². The summed E-state index contributed by atoms with van der Waals surface area (Å²) >= 11 is 1.53. The zero-order valence-corrected chi connectivity index (χ0v) is 14.8. The van der Waals surface area contributed by atoms with Crippen molar-refractivity contribution in [2.75, 3.05) is 12.3 Å². The number of carbonyl (C=O) groups excluding carboxylic acids is 1. The van der Waals surface area contributed by atoms with E-state index in [4.69, 9.17) is 0 Å². The Morgan fingerprint density at radius 1 is 1.15 bits per heavy atom. The molecule has 26 heavy (non-hydrogen) atoms. The van der Waals surface area contributed by atoms with Crippen molar-refractivity contribution in [1.29, 1.82) is 0 Å². The molecular weight excluding hydrogens is 353 g/mol. The second-order valence-electron chi connectivity index (χ2n) is 5.69. The molecule has 0 saturated carbocycles. The van der Waals surface area contributed by atoms with Gasteiger partial charge in [0, 0.05) is 23.4 Å². The van der Waals surface area contributed by atoms with Crippen molar-refractivity contribution >= 4 is 28.4 Å². The number of thioether (sulfide) groups is 1. The molecule has 0 aliphatic rings. The van der Waals surface area contributed by atoms with Gasteiger partial charge in [0.1, 0.15) is 12.4 Å². The van der Waals surface area contributed by atoms with Crippen LogP contribution in [0, 0.1) is 5.82 Å². The van der Waals surface area contributed by atoms with Crippen LogP contribution < -0.4 is 10.9 Å². The van der Waals surface area contributed by atoms with Crippen molar-refractivity contribution in [2.24, 2.45) is 0 Å². The van der Waals surface area contributed by atoms with E-state index >= 15 is 0 Å². The average molecular weight is 371 g/mol. The minimum Gasteiger partial charge on any atom is -0.354 e. The Labute approximate surface area is 154 Å². The van der Waals surface area contributed by atoms with Crippen molar-refractivity contribution in [1.82, 2.24) is 15.1 Å². The SMILES string of the molecule is O=C(Cn1ncc2ccccc2c1=O)NCCSCc1ccccc1F. The molecule has 2 aromatic carbocycles. The van der Waals surface area contributed by atoms with Gasteiger partial charge in [0.15, 0.2) is 0 Å². The van der Waals surface area contributed by atoms with E-state index in [-0.39, 0.29) is 23.8 Å². The molecule has 0 bridgehead atoms. The van der Waals surface area contributed by atoms with E-state index < -0.39 is 0 Å². The lowest BCUT2D eigenvalue weighted by atomic mass is 10.2. The zero-order chi connectivity index (χ0) is 18.4. The van der Waals surface area contributed by atoms with Gasteiger partial charge in [-0.3, -0.25) is 9.59 Å². The van der Waals surface area contributed by atoms with Crippen LogP contribution in [0.25, 0.3) is 10.8 Å². The van der Waals surface area contributed by atoms with Gasteiger partial charge in [-0.2, -0.15) is 16.9 Å². The molecule has 134 valence electrons. The van der Waals surface area contributed by atoms with Crippen molar-refractivity contribution in [3.8, 4) is 0 Å². The monoisotopic (exact) mass is 371 g/mol. The van der Waals surface area contributed by atoms with E-state index in [1.165, 1.54) is 17.8 Å². The van der Waals surface area contributed by atoms with Crippen LogP contribution in [0.2, 0.25) is 0 Å². The third kappa shape index (κ3) is 4.49. The molecular formula is C19H18FN3O2S. The summed E-state index contributed by atoms with van der Waals surface area (Å²) in [5, 5.41) is 8.08. The second-order valence-corrected chi connectivity index (χ2v) is 6.79. The van der Waals surface area contributed by atoms with Crippen LogP contribution in [0.3, 0.4) is 0 Å². The van der Waals surface area contributed by atoms with E-state index in [1.807, 2.05) is 6.07 Å². The van der Waals surface area contributed by atoms with E-state index in [0.717, 1.165) is 10.1 Å². The van der Waals surface area contributed by atoms with Gasteiger partial charge in [-0.25, -0.2) is 9.07 Å². The first-order valence-electron chi connectivity index (χ1n) is 8.18. The maximum Gasteiger partial charge on any atom is 0.275 e. The predicted octanol–water partition coefficient (Wildman–Crippen LogP) is 2.59. The summed E-state index contributed by atoms with van der Waals surface area (Å²) in [4.78, 5) is 24.3. The first-order valence-corrected chi connectivity index (χ1v) is 9.33. The Bertz CT molecular complexity index is 974. The Balaban J connectivity index is 1.47. The smallest absolute Gasteiger partial charge is 0.275 e. The van der Waals surface area contributed by atoms with Crippen molar-refractivity contribution < 1.29 is 9.18 Å². The number of nitrogens with zero attached hydrogens (tertiary/aromatic N) is 2. The van der Waals surface area contributed by atoms with Crippen molar-refractivity contribution in [2.45, 2.75) is 12.3 Å². The molecule has 0 atom stereocenters. The van der Waals surface area contributed by atoms with Gasteiger partial charge in [-0.05, 0) is 17.7 Å². The summed E-state index contributed by atoms with van der Waals surface area (Å²) in [6, 6.07) is 13.8. The number of aromatic nitrogens is 2. The standard InChI is InChI=1S/C19H18FN3O2S/c20-17-8-4-2-6-15(17)13-26-10-9-21-18(24)12-23-19(25)16-7-3-1-5-14(16)11-22-23/h1-8,11H,9-10,12-13H2,(H,21,24). The largest absolute Gasteiger partial charge is 0.354 e. The fraction of sp³-hybridized carbons (Fsp3) is 0.211. The molecule has 1 aromatic heterocycles. The lowest BCUT2D eigenvalue weighted by Crippen LogP contribution is -2.34. The van der Waals surface area contributed by atoms with Crippen LogP contribution in [-0.4, -0.2) is 28.0 Å². The molecule has 3 aromatic rings. The fourth-order valence-corrected chi connectivity index (χ4v) is 3.34. The van der Waals surface area contributed by atoms with Crippen molar-refractivity contribution in [3.63, 3.8) is 0 Å². The van der Waals surface area contributed by atoms with Gasteiger partial charge in [0.2, 0.25) is 5.91 Å². The van der Waals surface area contributed by atoms with E-state index in [2.05, 4.69) is 10.4 Å². The van der Waals surface area contributed by atoms with Gasteiger partial charge in [-0.1, -0.05) is 36.4 Å². The number of rotatable bonds is 7. The maximum absolute atomic E-state index is 13.5. The number of hydrogen-bond donors (Lipinski definition) is 1. The number of carbonyl (C=O) groups is 1. The van der Waals surface area contributed by atoms with Gasteiger partial charge in [0.05, 0.1) is 11.6 Å². The number of nitrogens with one attached hydrogen (secondary N) is 1. The summed E-state index contributed by atoms with van der Waals surface area (Å²) in [5.74, 6) is 0.709. The number of halogens is 1. The summed E-state index contributed by atoms with van der Waals surface area (Å²) in [7, 11) is 0. The third-order valence-electron chi connectivity index (χ3n) is 3.84. The zero-order valence-electron chi connectivity index (χ0n) is 14.0. The second kappa shape index (κ2) is 8.62. The van der Waals surface area contributed by atoms with Crippen LogP contribution in [-0.2, 0) is 17.1 Å². The van der Waals surface area contributed by atoms with Gasteiger partial charge < -0.3 is 5.32 Å². The summed E-state index contributed by atoms with van der Waals surface area (Å²) in [6.45, 7) is 0.321. The minimum absolute atomic E-state index is 0.123. The van der Waals surface area contributed by atoms with E-state index in [1.54, 1.807) is 42.6 Å². The highest BCUT2D eigenvalue weighted by Crippen LogP contribution is 2.14. The predicted molar refractivity (Wildman–Crippen MR) is 102 cm³/mol. The molecule has 0 unspecified atom stereocenters. The molecule has 0 fully saturated rings. The first kappa shape index (κ1) is 18.1. The molecule has 0 spiro atoms. The average Bonchev–Trinajstić information content (AvgIpc) is 2.65. The molecule has 1 heterocycles. The Morgan fingerprint density at radius 2 is 1.92 bits per heavy atom. The van der Waals surface area contributed by atoms with Crippen LogP contribution in [0.4, 0.5) is 4.39 Å². The van der Waals surface area contributed by atoms with Gasteiger partial charge in [0.25, 0.3) is 5.56 Å². The number of amides is 1. The van der Waals surface area contributed by atoms with Crippen LogP contribution in [0.1, 0.15) is 5.56 Å². The van der Waals surface area contributed by atoms with Gasteiger partial charge >= 0.3 is 0 Å².